The maximum atomic E-state index is 12.9. The van der Waals surface area contributed by atoms with Crippen molar-refractivity contribution in [2.75, 3.05) is 31.1 Å². The molecule has 3 aromatic rings. The van der Waals surface area contributed by atoms with Crippen LogP contribution in [0.2, 0.25) is 5.02 Å². The molecule has 0 spiro atoms. The van der Waals surface area contributed by atoms with Crippen LogP contribution in [-0.2, 0) is 16.4 Å². The van der Waals surface area contributed by atoms with E-state index in [2.05, 4.69) is 42.3 Å². The van der Waals surface area contributed by atoms with Gasteiger partial charge in [0.15, 0.2) is 5.13 Å². The molecule has 0 saturated carbocycles. The van der Waals surface area contributed by atoms with Crippen LogP contribution in [0.15, 0.2) is 52.7 Å². The van der Waals surface area contributed by atoms with Crippen LogP contribution >= 0.6 is 22.9 Å². The van der Waals surface area contributed by atoms with Crippen molar-refractivity contribution in [3.8, 4) is 0 Å². The highest BCUT2D eigenvalue weighted by Gasteiger charge is 2.29. The average Bonchev–Trinajstić information content (AvgIpc) is 3.20. The van der Waals surface area contributed by atoms with Crippen LogP contribution in [0.5, 0.6) is 0 Å². The molecule has 8 heteroatoms. The van der Waals surface area contributed by atoms with Crippen molar-refractivity contribution in [1.29, 1.82) is 0 Å². The van der Waals surface area contributed by atoms with Gasteiger partial charge in [0.05, 0.1) is 10.6 Å². The zero-order valence-corrected chi connectivity index (χ0v) is 19.4. The van der Waals surface area contributed by atoms with Gasteiger partial charge in [0.25, 0.3) is 0 Å². The predicted molar refractivity (Wildman–Crippen MR) is 123 cm³/mol. The fourth-order valence-electron chi connectivity index (χ4n) is 3.73. The first-order valence-corrected chi connectivity index (χ1v) is 12.5. The number of sulfonamides is 1. The van der Waals surface area contributed by atoms with Gasteiger partial charge < -0.3 is 4.90 Å². The van der Waals surface area contributed by atoms with Crippen LogP contribution in [0.4, 0.5) is 5.13 Å². The van der Waals surface area contributed by atoms with E-state index in [4.69, 9.17) is 16.6 Å². The second-order valence-electron chi connectivity index (χ2n) is 7.52. The van der Waals surface area contributed by atoms with E-state index in [9.17, 15) is 8.42 Å². The first kappa shape index (κ1) is 21.3. The summed E-state index contributed by atoms with van der Waals surface area (Å²) in [5.74, 6) is 0. The first-order valence-electron chi connectivity index (χ1n) is 9.85. The Morgan fingerprint density at radius 1 is 1.03 bits per heavy atom. The monoisotopic (exact) mass is 461 g/mol. The van der Waals surface area contributed by atoms with Gasteiger partial charge in [-0.15, -0.1) is 11.3 Å². The zero-order chi connectivity index (χ0) is 21.3. The van der Waals surface area contributed by atoms with Gasteiger partial charge in [-0.25, -0.2) is 13.4 Å². The minimum atomic E-state index is -3.53. The number of hydrogen-bond acceptors (Lipinski definition) is 5. The normalized spacial score (nSPS) is 15.5. The summed E-state index contributed by atoms with van der Waals surface area (Å²) in [6.07, 6.45) is 0.818. The predicted octanol–water partition coefficient (Wildman–Crippen LogP) is 4.52. The summed E-state index contributed by atoms with van der Waals surface area (Å²) in [5, 5.41) is 3.49. The molecule has 1 aliphatic heterocycles. The van der Waals surface area contributed by atoms with E-state index in [1.54, 1.807) is 29.5 Å². The maximum Gasteiger partial charge on any atom is 0.243 e. The summed E-state index contributed by atoms with van der Waals surface area (Å²) >= 11 is 7.60. The molecule has 0 aliphatic carbocycles. The molecule has 30 heavy (non-hydrogen) atoms. The number of thiazole rings is 1. The number of halogens is 1. The van der Waals surface area contributed by atoms with Crippen LogP contribution in [0, 0.1) is 13.8 Å². The molecule has 0 N–H and O–H groups in total. The minimum Gasteiger partial charge on any atom is -0.345 e. The molecule has 1 aliphatic rings. The van der Waals surface area contributed by atoms with Crippen molar-refractivity contribution in [2.45, 2.75) is 25.2 Å². The number of benzene rings is 2. The Bertz CT molecular complexity index is 1130. The molecular weight excluding hydrogens is 438 g/mol. The Hall–Kier alpha value is -1.93. The molecule has 1 fully saturated rings. The Labute approximate surface area is 187 Å². The number of rotatable bonds is 5. The molecule has 0 bridgehead atoms. The highest BCUT2D eigenvalue weighted by atomic mass is 35.5. The maximum absolute atomic E-state index is 12.9. The topological polar surface area (TPSA) is 53.5 Å². The Kier molecular flexibility index (Phi) is 6.16. The fourth-order valence-corrected chi connectivity index (χ4v) is 6.33. The lowest BCUT2D eigenvalue weighted by atomic mass is 9.99. The molecule has 0 amide bonds. The van der Waals surface area contributed by atoms with E-state index in [0.29, 0.717) is 31.2 Å². The first-order chi connectivity index (χ1) is 14.3. The van der Waals surface area contributed by atoms with E-state index in [1.807, 2.05) is 0 Å². The summed E-state index contributed by atoms with van der Waals surface area (Å²) < 4.78 is 27.3. The Morgan fingerprint density at radius 3 is 2.37 bits per heavy atom. The van der Waals surface area contributed by atoms with Gasteiger partial charge in [-0.2, -0.15) is 4.31 Å². The molecule has 0 atom stereocenters. The fraction of sp³-hybridized carbons (Fsp3) is 0.318. The van der Waals surface area contributed by atoms with Crippen molar-refractivity contribution in [2.24, 2.45) is 0 Å². The van der Waals surface area contributed by atoms with E-state index in [1.165, 1.54) is 27.1 Å². The smallest absolute Gasteiger partial charge is 0.243 e. The second-order valence-corrected chi connectivity index (χ2v) is 10.7. The highest BCUT2D eigenvalue weighted by Crippen LogP contribution is 2.27. The lowest BCUT2D eigenvalue weighted by molar-refractivity contribution is 0.384. The molecule has 5 nitrogen and oxygen atoms in total. The third-order valence-corrected chi connectivity index (χ3v) is 8.56. The van der Waals surface area contributed by atoms with Crippen molar-refractivity contribution in [1.82, 2.24) is 9.29 Å². The standard InChI is InChI=1S/C22H24ClN3O2S2/c1-16-5-3-6-17(2)21(16)14-19-15-29-22(24-19)25-9-11-26(12-10-25)30(27,28)20-8-4-7-18(23)13-20/h3-8,13,15H,9-12,14H2,1-2H3. The van der Waals surface area contributed by atoms with Gasteiger partial charge in [-0.05, 0) is 48.7 Å². The zero-order valence-electron chi connectivity index (χ0n) is 17.0. The molecule has 2 heterocycles. The largest absolute Gasteiger partial charge is 0.345 e. The van der Waals surface area contributed by atoms with Crippen molar-refractivity contribution in [3.05, 3.63) is 75.3 Å². The Balaban J connectivity index is 1.43. The molecular formula is C22H24ClN3O2S2. The summed E-state index contributed by atoms with van der Waals surface area (Å²) in [5.41, 5.74) is 4.95. The number of hydrogen-bond donors (Lipinski definition) is 0. The SMILES string of the molecule is Cc1cccc(C)c1Cc1csc(N2CCN(S(=O)(=O)c3cccc(Cl)c3)CC2)n1. The van der Waals surface area contributed by atoms with Crippen LogP contribution in [0.25, 0.3) is 0 Å². The lowest BCUT2D eigenvalue weighted by Gasteiger charge is -2.33. The van der Waals surface area contributed by atoms with Gasteiger partial charge in [-0.1, -0.05) is 35.9 Å². The van der Waals surface area contributed by atoms with Crippen molar-refractivity contribution >= 4 is 38.1 Å². The highest BCUT2D eigenvalue weighted by molar-refractivity contribution is 7.89. The summed E-state index contributed by atoms with van der Waals surface area (Å²) in [6, 6.07) is 12.8. The second kappa shape index (κ2) is 8.67. The molecule has 1 aromatic heterocycles. The van der Waals surface area contributed by atoms with Gasteiger partial charge >= 0.3 is 0 Å². The molecule has 2 aromatic carbocycles. The van der Waals surface area contributed by atoms with Crippen LogP contribution in [0.1, 0.15) is 22.4 Å². The summed E-state index contributed by atoms with van der Waals surface area (Å²) in [7, 11) is -3.53. The van der Waals surface area contributed by atoms with Crippen LogP contribution in [0.3, 0.4) is 0 Å². The number of nitrogens with zero attached hydrogens (tertiary/aromatic N) is 3. The van der Waals surface area contributed by atoms with Crippen molar-refractivity contribution < 1.29 is 8.42 Å². The third-order valence-electron chi connectivity index (χ3n) is 5.49. The Morgan fingerprint density at radius 2 is 1.70 bits per heavy atom. The number of piperazine rings is 1. The van der Waals surface area contributed by atoms with E-state index >= 15 is 0 Å². The van der Waals surface area contributed by atoms with Crippen LogP contribution in [-0.4, -0.2) is 43.9 Å². The molecule has 4 rings (SSSR count). The molecule has 0 radical (unpaired) electrons. The van der Waals surface area contributed by atoms with E-state index in [0.717, 1.165) is 17.2 Å². The summed E-state index contributed by atoms with van der Waals surface area (Å²) in [4.78, 5) is 7.24. The molecule has 158 valence electrons. The molecule has 0 unspecified atom stereocenters. The quantitative estimate of drug-likeness (QED) is 0.560. The van der Waals surface area contributed by atoms with Crippen molar-refractivity contribution in [3.63, 3.8) is 0 Å². The van der Waals surface area contributed by atoms with E-state index < -0.39 is 10.0 Å². The van der Waals surface area contributed by atoms with Gasteiger partial charge in [0.2, 0.25) is 10.0 Å². The number of anilines is 1. The number of aromatic nitrogens is 1. The van der Waals surface area contributed by atoms with Gasteiger partial charge in [0.1, 0.15) is 0 Å². The van der Waals surface area contributed by atoms with Gasteiger partial charge in [-0.3, -0.25) is 0 Å². The summed E-state index contributed by atoms with van der Waals surface area (Å²) in [6.45, 7) is 6.37. The van der Waals surface area contributed by atoms with E-state index in [-0.39, 0.29) is 4.90 Å². The number of aryl methyl sites for hydroxylation is 2. The molecule has 1 saturated heterocycles. The lowest BCUT2D eigenvalue weighted by Crippen LogP contribution is -2.48. The van der Waals surface area contributed by atoms with Gasteiger partial charge in [0, 0.05) is 43.0 Å². The minimum absolute atomic E-state index is 0.244. The van der Waals surface area contributed by atoms with Crippen LogP contribution < -0.4 is 4.90 Å². The average molecular weight is 462 g/mol. The third kappa shape index (κ3) is 4.39.